The van der Waals surface area contributed by atoms with E-state index in [1.807, 2.05) is 30.3 Å². The molecule has 0 unspecified atom stereocenters. The second-order valence-electron chi connectivity index (χ2n) is 7.53. The Morgan fingerprint density at radius 1 is 0.970 bits per heavy atom. The van der Waals surface area contributed by atoms with Gasteiger partial charge < -0.3 is 16.4 Å². The molecule has 0 spiro atoms. The van der Waals surface area contributed by atoms with E-state index >= 15 is 0 Å². The zero-order chi connectivity index (χ0) is 24.0. The predicted octanol–water partition coefficient (Wildman–Crippen LogP) is 2.20. The number of likely N-dealkylation sites (N-methyl/N-ethyl adjacent to an activating group) is 1. The van der Waals surface area contributed by atoms with Crippen LogP contribution in [0.2, 0.25) is 0 Å². The van der Waals surface area contributed by atoms with Crippen LogP contribution < -0.4 is 16.4 Å². The number of hydrogen-bond acceptors (Lipinski definition) is 5. The molecule has 0 heterocycles. The van der Waals surface area contributed by atoms with Crippen molar-refractivity contribution in [1.29, 1.82) is 0 Å². The Bertz CT molecular complexity index is 1240. The third-order valence-electron chi connectivity index (χ3n) is 5.09. The summed E-state index contributed by atoms with van der Waals surface area (Å²) in [7, 11) is -2.94. The van der Waals surface area contributed by atoms with Crippen LogP contribution in [0.15, 0.2) is 77.7 Å². The van der Waals surface area contributed by atoms with Crippen molar-refractivity contribution in [3.8, 4) is 11.1 Å². The molecule has 1 atom stereocenters. The summed E-state index contributed by atoms with van der Waals surface area (Å²) in [4.78, 5) is 24.6. The molecule has 5 N–H and O–H groups in total. The predicted molar refractivity (Wildman–Crippen MR) is 126 cm³/mol. The number of nitrogen functional groups attached to an aromatic ring is 1. The Morgan fingerprint density at radius 3 is 2.24 bits per heavy atom. The molecule has 3 rings (SSSR count). The van der Waals surface area contributed by atoms with E-state index in [2.05, 4.69) is 10.6 Å². The molecule has 2 amide bonds. The zero-order valence-electron chi connectivity index (χ0n) is 18.0. The van der Waals surface area contributed by atoms with Crippen LogP contribution >= 0.6 is 0 Å². The average Bonchev–Trinajstić information content (AvgIpc) is 2.78. The highest BCUT2D eigenvalue weighted by molar-refractivity contribution is 7.86. The fourth-order valence-electron chi connectivity index (χ4n) is 3.46. The van der Waals surface area contributed by atoms with Gasteiger partial charge in [-0.05, 0) is 34.9 Å². The Kier molecular flexibility index (Phi) is 7.47. The van der Waals surface area contributed by atoms with Gasteiger partial charge in [0.2, 0.25) is 11.8 Å². The average molecular weight is 468 g/mol. The maximum absolute atomic E-state index is 12.5. The third kappa shape index (κ3) is 6.41. The summed E-state index contributed by atoms with van der Waals surface area (Å²) in [5.74, 6) is -0.603. The molecule has 0 bridgehead atoms. The van der Waals surface area contributed by atoms with E-state index < -0.39 is 16.2 Å². The van der Waals surface area contributed by atoms with Crippen molar-refractivity contribution >= 4 is 27.6 Å². The molecule has 9 heteroatoms. The second-order valence-corrected chi connectivity index (χ2v) is 8.92. The molecule has 3 aromatic rings. The summed E-state index contributed by atoms with van der Waals surface area (Å²) in [5.41, 5.74) is 8.53. The van der Waals surface area contributed by atoms with E-state index in [4.69, 9.17) is 5.73 Å². The minimum Gasteiger partial charge on any atom is -0.399 e. The lowest BCUT2D eigenvalue weighted by Gasteiger charge is -2.18. The van der Waals surface area contributed by atoms with Crippen LogP contribution in [0.3, 0.4) is 0 Å². The van der Waals surface area contributed by atoms with Gasteiger partial charge in [0.25, 0.3) is 10.1 Å². The number of anilines is 1. The highest BCUT2D eigenvalue weighted by atomic mass is 32.2. The minimum absolute atomic E-state index is 0.154. The van der Waals surface area contributed by atoms with Crippen molar-refractivity contribution in [1.82, 2.24) is 10.6 Å². The van der Waals surface area contributed by atoms with Crippen LogP contribution in [0.4, 0.5) is 5.69 Å². The van der Waals surface area contributed by atoms with Gasteiger partial charge in [-0.15, -0.1) is 0 Å². The fraction of sp³-hybridized carbons (Fsp3) is 0.167. The van der Waals surface area contributed by atoms with Crippen LogP contribution in [-0.4, -0.2) is 37.9 Å². The molecule has 0 aliphatic heterocycles. The van der Waals surface area contributed by atoms with Gasteiger partial charge in [0.1, 0.15) is 10.9 Å². The van der Waals surface area contributed by atoms with Gasteiger partial charge >= 0.3 is 0 Å². The highest BCUT2D eigenvalue weighted by Crippen LogP contribution is 2.29. The summed E-state index contributed by atoms with van der Waals surface area (Å²) < 4.78 is 33.0. The minimum atomic E-state index is -4.44. The summed E-state index contributed by atoms with van der Waals surface area (Å²) in [5, 5.41) is 5.33. The second kappa shape index (κ2) is 10.3. The number of nitrogens with two attached hydrogens (primary N) is 1. The number of hydrogen-bond donors (Lipinski definition) is 4. The number of nitrogens with one attached hydrogen (secondary N) is 2. The van der Waals surface area contributed by atoms with Crippen LogP contribution in [-0.2, 0) is 32.5 Å². The first-order chi connectivity index (χ1) is 15.7. The van der Waals surface area contributed by atoms with E-state index in [9.17, 15) is 22.6 Å². The molecule has 0 radical (unpaired) electrons. The van der Waals surface area contributed by atoms with Gasteiger partial charge in [-0.2, -0.15) is 8.42 Å². The molecular formula is C24H25N3O5S. The molecule has 0 aliphatic carbocycles. The van der Waals surface area contributed by atoms with Crippen molar-refractivity contribution in [2.45, 2.75) is 23.8 Å². The van der Waals surface area contributed by atoms with Gasteiger partial charge in [0.15, 0.2) is 0 Å². The first kappa shape index (κ1) is 24.0. The van der Waals surface area contributed by atoms with E-state index in [1.165, 1.54) is 25.2 Å². The molecule has 172 valence electrons. The SMILES string of the molecule is CNC(=O)[C@H](Cc1ccc(-c2cc(N)ccc2S(=O)(=O)O)cc1)NC(=O)Cc1ccccc1. The van der Waals surface area contributed by atoms with Gasteiger partial charge in [-0.1, -0.05) is 54.6 Å². The van der Waals surface area contributed by atoms with Crippen LogP contribution in [0.1, 0.15) is 11.1 Å². The molecular weight excluding hydrogens is 442 g/mol. The van der Waals surface area contributed by atoms with Crippen LogP contribution in [0.5, 0.6) is 0 Å². The lowest BCUT2D eigenvalue weighted by atomic mass is 9.99. The molecule has 3 aromatic carbocycles. The molecule has 0 saturated heterocycles. The fourth-order valence-corrected chi connectivity index (χ4v) is 4.16. The van der Waals surface area contributed by atoms with Crippen molar-refractivity contribution in [3.05, 3.63) is 83.9 Å². The Hall–Kier alpha value is -3.69. The summed E-state index contributed by atoms with van der Waals surface area (Å²) in [6.45, 7) is 0. The molecule has 33 heavy (non-hydrogen) atoms. The lowest BCUT2D eigenvalue weighted by molar-refractivity contribution is -0.128. The normalized spacial score (nSPS) is 12.1. The van der Waals surface area contributed by atoms with Crippen molar-refractivity contribution < 1.29 is 22.6 Å². The van der Waals surface area contributed by atoms with Gasteiger partial charge in [-0.3, -0.25) is 14.1 Å². The van der Waals surface area contributed by atoms with Gasteiger partial charge in [0.05, 0.1) is 6.42 Å². The third-order valence-corrected chi connectivity index (χ3v) is 6.00. The largest absolute Gasteiger partial charge is 0.399 e. The first-order valence-corrected chi connectivity index (χ1v) is 11.6. The number of rotatable bonds is 8. The van der Waals surface area contributed by atoms with E-state index in [0.29, 0.717) is 11.3 Å². The number of benzene rings is 3. The van der Waals surface area contributed by atoms with Gasteiger partial charge in [0, 0.05) is 24.7 Å². The highest BCUT2D eigenvalue weighted by Gasteiger charge is 2.21. The molecule has 8 nitrogen and oxygen atoms in total. The van der Waals surface area contributed by atoms with Crippen LogP contribution in [0, 0.1) is 0 Å². The summed E-state index contributed by atoms with van der Waals surface area (Å²) in [6, 6.07) is 19.4. The van der Waals surface area contributed by atoms with Gasteiger partial charge in [-0.25, -0.2) is 0 Å². The topological polar surface area (TPSA) is 139 Å². The maximum Gasteiger partial charge on any atom is 0.295 e. The summed E-state index contributed by atoms with van der Waals surface area (Å²) >= 11 is 0. The Morgan fingerprint density at radius 2 is 1.64 bits per heavy atom. The summed E-state index contributed by atoms with van der Waals surface area (Å²) in [6.07, 6.45) is 0.393. The lowest BCUT2D eigenvalue weighted by Crippen LogP contribution is -2.47. The smallest absolute Gasteiger partial charge is 0.295 e. The molecule has 0 saturated carbocycles. The number of carbonyl (C=O) groups excluding carboxylic acids is 2. The zero-order valence-corrected chi connectivity index (χ0v) is 18.8. The number of amides is 2. The molecule has 0 aliphatic rings. The Balaban J connectivity index is 1.78. The number of carbonyl (C=O) groups is 2. The molecule has 0 fully saturated rings. The van der Waals surface area contributed by atoms with Crippen LogP contribution in [0.25, 0.3) is 11.1 Å². The van der Waals surface area contributed by atoms with E-state index in [1.54, 1.807) is 24.3 Å². The van der Waals surface area contributed by atoms with E-state index in [0.717, 1.165) is 11.1 Å². The maximum atomic E-state index is 12.5. The van der Waals surface area contributed by atoms with Crippen molar-refractivity contribution in [2.24, 2.45) is 0 Å². The molecule has 0 aromatic heterocycles. The van der Waals surface area contributed by atoms with Crippen molar-refractivity contribution in [2.75, 3.05) is 12.8 Å². The first-order valence-electron chi connectivity index (χ1n) is 10.2. The van der Waals surface area contributed by atoms with Crippen molar-refractivity contribution in [3.63, 3.8) is 0 Å². The monoisotopic (exact) mass is 467 g/mol. The standard InChI is InChI=1S/C24H25N3O5S/c1-26-24(29)21(27-23(28)14-16-5-3-2-4-6-16)13-17-7-9-18(10-8-17)20-15-19(25)11-12-22(20)33(30,31)32/h2-12,15,21H,13-14,25H2,1H3,(H,26,29)(H,27,28)(H,30,31,32)/t21-/m0/s1. The quantitative estimate of drug-likeness (QED) is 0.296. The van der Waals surface area contributed by atoms with E-state index in [-0.39, 0.29) is 35.1 Å². The Labute approximate surface area is 192 Å².